The largest absolute Gasteiger partial charge is 0.495 e. The summed E-state index contributed by atoms with van der Waals surface area (Å²) in [5.74, 6) is 3.08. The number of urea groups is 1. The minimum atomic E-state index is -0.0804. The van der Waals surface area contributed by atoms with Crippen molar-refractivity contribution in [3.8, 4) is 5.75 Å². The molecule has 3 rings (SSSR count). The number of likely N-dealkylation sites (tertiary alicyclic amines) is 1. The maximum absolute atomic E-state index is 12.5. The molecule has 2 aliphatic rings. The lowest BCUT2D eigenvalue weighted by Crippen LogP contribution is -2.49. The number of methoxy groups -OCH3 is 1. The van der Waals surface area contributed by atoms with Gasteiger partial charge in [-0.1, -0.05) is 11.6 Å². The van der Waals surface area contributed by atoms with Gasteiger partial charge in [-0.05, 0) is 31.0 Å². The predicted molar refractivity (Wildman–Crippen MR) is 101 cm³/mol. The number of thioether (sulfide) groups is 1. The molecule has 132 valence electrons. The topological polar surface area (TPSA) is 44.8 Å². The number of hydrogen-bond donors (Lipinski definition) is 1. The van der Waals surface area contributed by atoms with E-state index in [1.165, 1.54) is 24.6 Å². The zero-order chi connectivity index (χ0) is 16.9. The van der Waals surface area contributed by atoms with Crippen molar-refractivity contribution in [1.29, 1.82) is 0 Å². The van der Waals surface area contributed by atoms with Gasteiger partial charge in [-0.25, -0.2) is 4.79 Å². The molecule has 0 radical (unpaired) electrons. The van der Waals surface area contributed by atoms with E-state index in [0.29, 0.717) is 22.5 Å². The number of nitrogens with zero attached hydrogens (tertiary/aromatic N) is 2. The molecule has 0 spiro atoms. The van der Waals surface area contributed by atoms with Gasteiger partial charge in [0.1, 0.15) is 5.75 Å². The van der Waals surface area contributed by atoms with Crippen molar-refractivity contribution >= 4 is 35.1 Å². The van der Waals surface area contributed by atoms with Crippen LogP contribution in [-0.2, 0) is 0 Å². The van der Waals surface area contributed by atoms with Gasteiger partial charge >= 0.3 is 6.03 Å². The summed E-state index contributed by atoms with van der Waals surface area (Å²) in [6.45, 7) is 3.95. The van der Waals surface area contributed by atoms with Crippen LogP contribution in [0.2, 0.25) is 5.02 Å². The lowest BCUT2D eigenvalue weighted by molar-refractivity contribution is 0.130. The summed E-state index contributed by atoms with van der Waals surface area (Å²) in [6.07, 6.45) is 2.09. The number of hydrogen-bond acceptors (Lipinski definition) is 4. The number of anilines is 1. The minimum Gasteiger partial charge on any atom is -0.495 e. The van der Waals surface area contributed by atoms with Crippen LogP contribution in [0.25, 0.3) is 0 Å². The fourth-order valence-corrected chi connectivity index (χ4v) is 4.45. The molecule has 2 heterocycles. The summed E-state index contributed by atoms with van der Waals surface area (Å²) in [7, 11) is 1.58. The first kappa shape index (κ1) is 17.7. The monoisotopic (exact) mass is 369 g/mol. The second-order valence-corrected chi connectivity index (χ2v) is 7.80. The van der Waals surface area contributed by atoms with Gasteiger partial charge in [0.25, 0.3) is 0 Å². The number of piperidine rings is 1. The highest BCUT2D eigenvalue weighted by molar-refractivity contribution is 7.99. The third kappa shape index (κ3) is 4.29. The van der Waals surface area contributed by atoms with Gasteiger partial charge in [-0.15, -0.1) is 0 Å². The summed E-state index contributed by atoms with van der Waals surface area (Å²) in [5.41, 5.74) is 0.616. The van der Waals surface area contributed by atoms with Crippen LogP contribution in [0.3, 0.4) is 0 Å². The Morgan fingerprint density at radius 2 is 1.96 bits per heavy atom. The minimum absolute atomic E-state index is 0.0804. The number of rotatable bonds is 3. The maximum atomic E-state index is 12.5. The second-order valence-electron chi connectivity index (χ2n) is 6.14. The average molecular weight is 370 g/mol. The van der Waals surface area contributed by atoms with E-state index in [4.69, 9.17) is 16.3 Å². The lowest BCUT2D eigenvalue weighted by atomic mass is 10.0. The molecular weight excluding hydrogens is 346 g/mol. The zero-order valence-corrected chi connectivity index (χ0v) is 15.5. The fourth-order valence-electron chi connectivity index (χ4n) is 3.35. The Labute approximate surface area is 152 Å². The number of benzene rings is 1. The third-order valence-corrected chi connectivity index (χ3v) is 5.89. The molecule has 1 aromatic carbocycles. The van der Waals surface area contributed by atoms with Gasteiger partial charge in [0, 0.05) is 48.7 Å². The van der Waals surface area contributed by atoms with Crippen molar-refractivity contribution in [2.24, 2.45) is 0 Å². The molecule has 2 aliphatic heterocycles. The first-order chi connectivity index (χ1) is 11.7. The molecule has 2 saturated heterocycles. The molecule has 24 heavy (non-hydrogen) atoms. The first-order valence-corrected chi connectivity index (χ1v) is 9.92. The zero-order valence-electron chi connectivity index (χ0n) is 14.0. The smallest absolute Gasteiger partial charge is 0.321 e. The number of carbonyl (C=O) groups excluding carboxylic acids is 1. The summed E-state index contributed by atoms with van der Waals surface area (Å²) in [5, 5.41) is 3.50. The molecule has 5 nitrogen and oxygen atoms in total. The van der Waals surface area contributed by atoms with E-state index in [9.17, 15) is 4.79 Å². The number of carbonyl (C=O) groups is 1. The van der Waals surface area contributed by atoms with E-state index in [2.05, 4.69) is 10.2 Å². The summed E-state index contributed by atoms with van der Waals surface area (Å²) >= 11 is 8.06. The number of amides is 2. The lowest BCUT2D eigenvalue weighted by Gasteiger charge is -2.40. The quantitative estimate of drug-likeness (QED) is 0.887. The van der Waals surface area contributed by atoms with Crippen molar-refractivity contribution in [2.45, 2.75) is 18.9 Å². The van der Waals surface area contributed by atoms with Gasteiger partial charge in [0.05, 0.1) is 12.8 Å². The van der Waals surface area contributed by atoms with Crippen LogP contribution in [0.1, 0.15) is 12.8 Å². The Kier molecular flexibility index (Phi) is 6.14. The van der Waals surface area contributed by atoms with Gasteiger partial charge in [-0.3, -0.25) is 4.90 Å². The van der Waals surface area contributed by atoms with Crippen molar-refractivity contribution in [3.05, 3.63) is 23.2 Å². The Morgan fingerprint density at radius 1 is 1.25 bits per heavy atom. The van der Waals surface area contributed by atoms with Crippen molar-refractivity contribution in [2.75, 3.05) is 50.1 Å². The molecule has 0 bridgehead atoms. The van der Waals surface area contributed by atoms with Crippen LogP contribution < -0.4 is 10.1 Å². The number of halogens is 1. The van der Waals surface area contributed by atoms with Crippen LogP contribution >= 0.6 is 23.4 Å². The molecule has 2 fully saturated rings. The molecule has 0 saturated carbocycles. The number of nitrogens with one attached hydrogen (secondary N) is 1. The highest BCUT2D eigenvalue weighted by Crippen LogP contribution is 2.28. The molecule has 0 atom stereocenters. The predicted octanol–water partition coefficient (Wildman–Crippen LogP) is 3.39. The first-order valence-electron chi connectivity index (χ1n) is 8.38. The average Bonchev–Trinajstić information content (AvgIpc) is 2.63. The van der Waals surface area contributed by atoms with E-state index in [-0.39, 0.29) is 6.03 Å². The standard InChI is InChI=1S/C17H24ClN3O2S/c1-23-16-3-2-13(18)12-15(16)19-17(22)21-6-4-14(5-7-21)20-8-10-24-11-9-20/h2-3,12,14H,4-11H2,1H3,(H,19,22). The molecule has 0 aromatic heterocycles. The SMILES string of the molecule is COc1ccc(Cl)cc1NC(=O)N1CCC(N2CCSCC2)CC1. The summed E-state index contributed by atoms with van der Waals surface area (Å²) < 4.78 is 5.28. The Morgan fingerprint density at radius 3 is 2.62 bits per heavy atom. The van der Waals surface area contributed by atoms with E-state index in [0.717, 1.165) is 25.9 Å². The van der Waals surface area contributed by atoms with Crippen LogP contribution in [0.4, 0.5) is 10.5 Å². The van der Waals surface area contributed by atoms with Crippen LogP contribution in [0.15, 0.2) is 18.2 Å². The highest BCUT2D eigenvalue weighted by Gasteiger charge is 2.28. The van der Waals surface area contributed by atoms with E-state index >= 15 is 0 Å². The molecule has 7 heteroatoms. The molecule has 1 N–H and O–H groups in total. The van der Waals surface area contributed by atoms with Gasteiger partial charge in [-0.2, -0.15) is 11.8 Å². The van der Waals surface area contributed by atoms with E-state index in [1.807, 2.05) is 16.7 Å². The third-order valence-electron chi connectivity index (χ3n) is 4.72. The van der Waals surface area contributed by atoms with Crippen molar-refractivity contribution in [1.82, 2.24) is 9.80 Å². The highest BCUT2D eigenvalue weighted by atomic mass is 35.5. The Hall–Kier alpha value is -1.11. The van der Waals surface area contributed by atoms with E-state index < -0.39 is 0 Å². The van der Waals surface area contributed by atoms with Crippen molar-refractivity contribution in [3.63, 3.8) is 0 Å². The van der Waals surface area contributed by atoms with Gasteiger partial charge < -0.3 is 15.0 Å². The van der Waals surface area contributed by atoms with Crippen LogP contribution in [-0.4, -0.2) is 66.7 Å². The van der Waals surface area contributed by atoms with Gasteiger partial charge in [0.2, 0.25) is 0 Å². The summed E-state index contributed by atoms with van der Waals surface area (Å²) in [4.78, 5) is 17.0. The van der Waals surface area contributed by atoms with Crippen LogP contribution in [0.5, 0.6) is 5.75 Å². The van der Waals surface area contributed by atoms with E-state index in [1.54, 1.807) is 25.3 Å². The second kappa shape index (κ2) is 8.32. The Bertz CT molecular complexity index is 573. The molecule has 2 amide bonds. The molecule has 1 aromatic rings. The normalized spacial score (nSPS) is 20.0. The number of ether oxygens (including phenoxy) is 1. The van der Waals surface area contributed by atoms with Crippen molar-refractivity contribution < 1.29 is 9.53 Å². The maximum Gasteiger partial charge on any atom is 0.321 e. The van der Waals surface area contributed by atoms with Crippen LogP contribution in [0, 0.1) is 0 Å². The van der Waals surface area contributed by atoms with Gasteiger partial charge in [0.15, 0.2) is 0 Å². The Balaban J connectivity index is 1.54. The molecule has 0 aliphatic carbocycles. The fraction of sp³-hybridized carbons (Fsp3) is 0.588. The molecule has 0 unspecified atom stereocenters. The molecular formula is C17H24ClN3O2S. The summed E-state index contributed by atoms with van der Waals surface area (Å²) in [6, 6.07) is 5.77.